The molecule has 0 saturated heterocycles. The van der Waals surface area contributed by atoms with Gasteiger partial charge in [-0.25, -0.2) is 0 Å². The fourth-order valence-electron chi connectivity index (χ4n) is 3.11. The molecule has 1 amide bonds. The number of ether oxygens (including phenoxy) is 1. The van der Waals surface area contributed by atoms with Crippen molar-refractivity contribution in [2.45, 2.75) is 18.0 Å². The minimum absolute atomic E-state index is 0.0691. The highest BCUT2D eigenvalue weighted by molar-refractivity contribution is 7.97. The van der Waals surface area contributed by atoms with Gasteiger partial charge in [0.2, 0.25) is 0 Å². The summed E-state index contributed by atoms with van der Waals surface area (Å²) >= 11 is 1.03. The van der Waals surface area contributed by atoms with Crippen molar-refractivity contribution >= 4 is 23.5 Å². The second-order valence-corrected chi connectivity index (χ2v) is 7.19. The number of methoxy groups -OCH3 is 1. The number of amides is 1. The molecule has 0 aliphatic carbocycles. The lowest BCUT2D eigenvalue weighted by Gasteiger charge is -2.15. The van der Waals surface area contributed by atoms with Crippen LogP contribution in [0.15, 0.2) is 65.6 Å². The van der Waals surface area contributed by atoms with E-state index < -0.39 is 11.7 Å². The predicted molar refractivity (Wildman–Crippen MR) is 113 cm³/mol. The van der Waals surface area contributed by atoms with Crippen molar-refractivity contribution in [2.24, 2.45) is 5.14 Å². The topological polar surface area (TPSA) is 64.3 Å². The molecule has 0 fully saturated rings. The molecular weight excluding hydrogens is 413 g/mol. The van der Waals surface area contributed by atoms with Gasteiger partial charge in [0.1, 0.15) is 5.75 Å². The summed E-state index contributed by atoms with van der Waals surface area (Å²) < 4.78 is 45.2. The number of hydrogen-bond acceptors (Lipinski definition) is 4. The van der Waals surface area contributed by atoms with Gasteiger partial charge in [-0.15, -0.1) is 0 Å². The summed E-state index contributed by atoms with van der Waals surface area (Å²) in [6.45, 7) is 1.68. The molecule has 156 valence electrons. The monoisotopic (exact) mass is 432 g/mol. The molecule has 3 rings (SSSR count). The third-order valence-electron chi connectivity index (χ3n) is 4.56. The van der Waals surface area contributed by atoms with E-state index in [1.165, 1.54) is 31.4 Å². The summed E-state index contributed by atoms with van der Waals surface area (Å²) in [7, 11) is 1.50. The van der Waals surface area contributed by atoms with Crippen LogP contribution in [0, 0.1) is 6.92 Å². The molecule has 0 radical (unpaired) electrons. The number of hydrogen-bond donors (Lipinski definition) is 2. The fourth-order valence-corrected chi connectivity index (χ4v) is 3.51. The Bertz CT molecular complexity index is 1080. The first-order chi connectivity index (χ1) is 14.2. The highest BCUT2D eigenvalue weighted by Gasteiger charge is 2.33. The van der Waals surface area contributed by atoms with Crippen molar-refractivity contribution in [2.75, 3.05) is 12.4 Å². The van der Waals surface area contributed by atoms with Crippen LogP contribution in [0.1, 0.15) is 21.5 Å². The molecule has 0 unspecified atom stereocenters. The number of benzene rings is 3. The minimum atomic E-state index is -4.46. The largest absolute Gasteiger partial charge is 0.495 e. The Morgan fingerprint density at radius 1 is 1.07 bits per heavy atom. The second-order valence-electron chi connectivity index (χ2n) is 6.51. The van der Waals surface area contributed by atoms with E-state index in [1.807, 2.05) is 0 Å². The van der Waals surface area contributed by atoms with Gasteiger partial charge in [0, 0.05) is 17.3 Å². The van der Waals surface area contributed by atoms with Gasteiger partial charge < -0.3 is 10.1 Å². The van der Waals surface area contributed by atoms with Crippen LogP contribution in [0.3, 0.4) is 0 Å². The number of halogens is 3. The highest BCUT2D eigenvalue weighted by atomic mass is 32.2. The first-order valence-corrected chi connectivity index (χ1v) is 9.76. The van der Waals surface area contributed by atoms with Crippen LogP contribution >= 0.6 is 11.9 Å². The van der Waals surface area contributed by atoms with E-state index in [9.17, 15) is 18.0 Å². The number of anilines is 1. The zero-order valence-electron chi connectivity index (χ0n) is 16.2. The number of rotatable bonds is 5. The molecule has 3 aromatic rings. The Labute approximate surface area is 176 Å². The molecule has 0 bridgehead atoms. The molecule has 30 heavy (non-hydrogen) atoms. The van der Waals surface area contributed by atoms with Gasteiger partial charge in [-0.3, -0.25) is 9.93 Å². The Morgan fingerprint density at radius 3 is 2.43 bits per heavy atom. The second kappa shape index (κ2) is 8.81. The first kappa shape index (κ1) is 21.7. The molecule has 3 N–H and O–H groups in total. The summed E-state index contributed by atoms with van der Waals surface area (Å²) in [5.41, 5.74) is 1.18. The molecule has 0 heterocycles. The van der Waals surface area contributed by atoms with Crippen molar-refractivity contribution in [1.29, 1.82) is 0 Å². The SMILES string of the molecule is COc1cc(NC(=O)c2ccc(-c3ccccc3C(F)(F)F)cc2C)ccc1SN. The Hall–Kier alpha value is -2.97. The maximum Gasteiger partial charge on any atom is 0.417 e. The Morgan fingerprint density at radius 2 is 1.80 bits per heavy atom. The summed E-state index contributed by atoms with van der Waals surface area (Å²) in [5, 5.41) is 8.34. The van der Waals surface area contributed by atoms with Gasteiger partial charge in [-0.1, -0.05) is 30.3 Å². The van der Waals surface area contributed by atoms with Gasteiger partial charge in [0.25, 0.3) is 5.91 Å². The molecule has 0 aromatic heterocycles. The molecule has 4 nitrogen and oxygen atoms in total. The van der Waals surface area contributed by atoms with Gasteiger partial charge in [0.15, 0.2) is 0 Å². The van der Waals surface area contributed by atoms with Crippen molar-refractivity contribution in [1.82, 2.24) is 0 Å². The molecule has 0 atom stereocenters. The van der Waals surface area contributed by atoms with Crippen LogP contribution in [0.4, 0.5) is 18.9 Å². The van der Waals surface area contributed by atoms with E-state index in [2.05, 4.69) is 5.32 Å². The molecule has 0 saturated carbocycles. The van der Waals surface area contributed by atoms with Gasteiger partial charge in [0.05, 0.1) is 17.6 Å². The van der Waals surface area contributed by atoms with Gasteiger partial charge >= 0.3 is 6.18 Å². The zero-order valence-corrected chi connectivity index (χ0v) is 17.0. The van der Waals surface area contributed by atoms with Crippen molar-refractivity contribution in [3.8, 4) is 16.9 Å². The number of nitrogens with two attached hydrogens (primary N) is 1. The summed E-state index contributed by atoms with van der Waals surface area (Å²) in [4.78, 5) is 13.4. The first-order valence-electron chi connectivity index (χ1n) is 8.88. The van der Waals surface area contributed by atoms with E-state index >= 15 is 0 Å². The van der Waals surface area contributed by atoms with Crippen molar-refractivity contribution in [3.05, 3.63) is 77.4 Å². The lowest BCUT2D eigenvalue weighted by Crippen LogP contribution is -2.13. The van der Waals surface area contributed by atoms with E-state index in [0.29, 0.717) is 28.1 Å². The number of aryl methyl sites for hydroxylation is 1. The van der Waals surface area contributed by atoms with Crippen LogP contribution in [-0.4, -0.2) is 13.0 Å². The molecule has 0 spiro atoms. The quantitative estimate of drug-likeness (QED) is 0.492. The summed E-state index contributed by atoms with van der Waals surface area (Å²) in [5.74, 6) is 0.148. The van der Waals surface area contributed by atoms with Gasteiger partial charge in [-0.2, -0.15) is 13.2 Å². The normalized spacial score (nSPS) is 11.3. The third-order valence-corrected chi connectivity index (χ3v) is 5.15. The summed E-state index contributed by atoms with van der Waals surface area (Å²) in [6, 6.07) is 15.0. The maximum absolute atomic E-state index is 13.3. The third kappa shape index (κ3) is 4.60. The number of nitrogens with one attached hydrogen (secondary N) is 1. The molecule has 8 heteroatoms. The van der Waals surface area contributed by atoms with Crippen LogP contribution < -0.4 is 15.2 Å². The number of carbonyl (C=O) groups excluding carboxylic acids is 1. The van der Waals surface area contributed by atoms with Crippen LogP contribution in [0.2, 0.25) is 0 Å². The molecular formula is C22H19F3N2O2S. The molecule has 0 aliphatic heterocycles. The number of alkyl halides is 3. The van der Waals surface area contributed by atoms with Crippen molar-refractivity contribution in [3.63, 3.8) is 0 Å². The van der Waals surface area contributed by atoms with E-state index in [-0.39, 0.29) is 11.5 Å². The lowest BCUT2D eigenvalue weighted by atomic mass is 9.95. The number of carbonyl (C=O) groups is 1. The molecule has 3 aromatic carbocycles. The van der Waals surface area contributed by atoms with Crippen molar-refractivity contribution < 1.29 is 22.7 Å². The zero-order chi connectivity index (χ0) is 21.9. The van der Waals surface area contributed by atoms with Crippen LogP contribution in [0.5, 0.6) is 5.75 Å². The highest BCUT2D eigenvalue weighted by Crippen LogP contribution is 2.37. The fraction of sp³-hybridized carbons (Fsp3) is 0.136. The minimum Gasteiger partial charge on any atom is -0.495 e. The summed E-state index contributed by atoms with van der Waals surface area (Å²) in [6.07, 6.45) is -4.46. The Balaban J connectivity index is 1.89. The maximum atomic E-state index is 13.3. The lowest BCUT2D eigenvalue weighted by molar-refractivity contribution is -0.137. The predicted octanol–water partition coefficient (Wildman–Crippen LogP) is 5.91. The van der Waals surface area contributed by atoms with E-state index in [1.54, 1.807) is 37.3 Å². The average molecular weight is 432 g/mol. The average Bonchev–Trinajstić information content (AvgIpc) is 2.72. The van der Waals surface area contributed by atoms with E-state index in [4.69, 9.17) is 9.88 Å². The van der Waals surface area contributed by atoms with E-state index in [0.717, 1.165) is 22.9 Å². The van der Waals surface area contributed by atoms with Crippen LogP contribution in [-0.2, 0) is 6.18 Å². The molecule has 0 aliphatic rings. The van der Waals surface area contributed by atoms with Crippen LogP contribution in [0.25, 0.3) is 11.1 Å². The smallest absolute Gasteiger partial charge is 0.417 e. The standard InChI is InChI=1S/C22H19F3N2O2S/c1-13-11-14(17-5-3-4-6-18(17)22(23,24)25)7-9-16(13)21(28)27-15-8-10-20(30-26)19(12-15)29-2/h3-12H,26H2,1-2H3,(H,27,28). The Kier molecular flexibility index (Phi) is 6.38. The van der Waals surface area contributed by atoms with Gasteiger partial charge in [-0.05, 0) is 59.8 Å².